The minimum atomic E-state index is -1.10. The van der Waals surface area contributed by atoms with Gasteiger partial charge in [-0.25, -0.2) is 0 Å². The molecule has 34 heavy (non-hydrogen) atoms. The Kier molecular flexibility index (Phi) is 9.03. The summed E-state index contributed by atoms with van der Waals surface area (Å²) in [6.45, 7) is 1.71. The predicted octanol–water partition coefficient (Wildman–Crippen LogP) is 2.15. The fraction of sp³-hybridized carbons (Fsp3) is 0.391. The van der Waals surface area contributed by atoms with Crippen LogP contribution in [0.25, 0.3) is 0 Å². The van der Waals surface area contributed by atoms with Crippen molar-refractivity contribution in [1.29, 1.82) is 0 Å². The Bertz CT molecular complexity index is 1070. The van der Waals surface area contributed by atoms with Crippen molar-refractivity contribution in [3.8, 4) is 0 Å². The van der Waals surface area contributed by atoms with Crippen LogP contribution in [-0.4, -0.2) is 66.4 Å². The smallest absolute Gasteiger partial charge is 0.303 e. The Balaban J connectivity index is 1.69. The van der Waals surface area contributed by atoms with Crippen molar-refractivity contribution in [2.24, 2.45) is 0 Å². The maximum absolute atomic E-state index is 13.0. The number of hydrogen-bond acceptors (Lipinski definition) is 6. The monoisotopic (exact) mass is 506 g/mol. The topological polar surface area (TPSA) is 128 Å². The molecule has 1 aliphatic rings. The zero-order valence-corrected chi connectivity index (χ0v) is 20.3. The Hall–Kier alpha value is -2.95. The van der Waals surface area contributed by atoms with Crippen LogP contribution in [0.5, 0.6) is 0 Å². The molecule has 2 heterocycles. The molecule has 2 aromatic rings. The molecule has 4 N–H and O–H groups in total. The van der Waals surface area contributed by atoms with Crippen molar-refractivity contribution in [3.63, 3.8) is 0 Å². The summed E-state index contributed by atoms with van der Waals surface area (Å²) in [6.07, 6.45) is 1.25. The Morgan fingerprint density at radius 1 is 1.09 bits per heavy atom. The number of amides is 3. The number of rotatable bonds is 9. The average molecular weight is 507 g/mol. The van der Waals surface area contributed by atoms with Crippen molar-refractivity contribution in [3.05, 3.63) is 50.7 Å². The number of halogens is 1. The maximum atomic E-state index is 13.0. The first-order valence-corrected chi connectivity index (χ1v) is 12.1. The number of fused-ring (bicyclic) bond motifs is 1. The van der Waals surface area contributed by atoms with Gasteiger partial charge in [0.1, 0.15) is 6.04 Å². The summed E-state index contributed by atoms with van der Waals surface area (Å²) in [5, 5.41) is 16.7. The largest absolute Gasteiger partial charge is 0.481 e. The van der Waals surface area contributed by atoms with E-state index in [9.17, 15) is 19.2 Å². The van der Waals surface area contributed by atoms with E-state index in [4.69, 9.17) is 16.7 Å². The first-order valence-electron chi connectivity index (χ1n) is 10.9. The zero-order chi connectivity index (χ0) is 24.7. The van der Waals surface area contributed by atoms with Crippen LogP contribution in [0.4, 0.5) is 5.69 Å². The maximum Gasteiger partial charge on any atom is 0.303 e. The second kappa shape index (κ2) is 12.0. The molecule has 1 aromatic heterocycles. The number of nitrogens with one attached hydrogen (secondary N) is 3. The van der Waals surface area contributed by atoms with E-state index in [1.807, 2.05) is 18.2 Å². The number of aliphatic carboxylic acids is 1. The molecule has 9 nitrogen and oxygen atoms in total. The molecule has 0 fully saturated rings. The number of carboxylic acid groups (broad SMARTS) is 1. The number of likely N-dealkylation sites (N-methyl/N-ethyl adjacent to an activating group) is 1. The van der Waals surface area contributed by atoms with Gasteiger partial charge in [-0.05, 0) is 55.3 Å². The van der Waals surface area contributed by atoms with Crippen LogP contribution >= 0.6 is 22.9 Å². The molecule has 0 aliphatic carbocycles. The molecule has 0 saturated heterocycles. The second-order valence-corrected chi connectivity index (χ2v) is 9.82. The highest BCUT2D eigenvalue weighted by molar-refractivity contribution is 7.18. The van der Waals surface area contributed by atoms with Crippen LogP contribution < -0.4 is 16.0 Å². The van der Waals surface area contributed by atoms with E-state index < -0.39 is 29.7 Å². The van der Waals surface area contributed by atoms with Gasteiger partial charge in [-0.1, -0.05) is 17.7 Å². The van der Waals surface area contributed by atoms with Crippen LogP contribution in [0.3, 0.4) is 0 Å². The number of carbonyl (C=O) groups is 4. The van der Waals surface area contributed by atoms with Crippen LogP contribution in [-0.2, 0) is 27.2 Å². The molecule has 1 atom stereocenters. The summed E-state index contributed by atoms with van der Waals surface area (Å²) in [4.78, 5) is 50.9. The molecule has 0 bridgehead atoms. The van der Waals surface area contributed by atoms with Gasteiger partial charge >= 0.3 is 5.97 Å². The highest BCUT2D eigenvalue weighted by Crippen LogP contribution is 2.22. The second-order valence-electron chi connectivity index (χ2n) is 8.10. The minimum Gasteiger partial charge on any atom is -0.481 e. The van der Waals surface area contributed by atoms with Gasteiger partial charge in [-0.2, -0.15) is 0 Å². The number of nitrogens with zero attached hydrogens (tertiary/aromatic N) is 1. The summed E-state index contributed by atoms with van der Waals surface area (Å²) >= 11 is 6.98. The lowest BCUT2D eigenvalue weighted by Gasteiger charge is -2.19. The van der Waals surface area contributed by atoms with Crippen molar-refractivity contribution >= 4 is 52.3 Å². The Labute approximate surface area is 206 Å². The number of carbonyl (C=O) groups excluding carboxylic acids is 3. The van der Waals surface area contributed by atoms with Gasteiger partial charge in [0.15, 0.2) is 0 Å². The van der Waals surface area contributed by atoms with Crippen LogP contribution in [0, 0.1) is 0 Å². The van der Waals surface area contributed by atoms with E-state index in [0.29, 0.717) is 14.9 Å². The molecule has 1 aromatic carbocycles. The molecule has 1 aliphatic heterocycles. The van der Waals surface area contributed by atoms with Crippen LogP contribution in [0.2, 0.25) is 4.34 Å². The number of anilines is 1. The third kappa shape index (κ3) is 7.54. The molecule has 0 saturated carbocycles. The van der Waals surface area contributed by atoms with E-state index in [1.165, 1.54) is 5.56 Å². The van der Waals surface area contributed by atoms with E-state index in [-0.39, 0.29) is 19.4 Å². The van der Waals surface area contributed by atoms with Gasteiger partial charge in [0.2, 0.25) is 11.8 Å². The van der Waals surface area contributed by atoms with E-state index in [1.54, 1.807) is 12.1 Å². The van der Waals surface area contributed by atoms with Gasteiger partial charge in [0.25, 0.3) is 5.91 Å². The van der Waals surface area contributed by atoms with Crippen LogP contribution in [0.1, 0.15) is 33.6 Å². The molecule has 3 amide bonds. The number of carboxylic acids is 1. The molecule has 0 radical (unpaired) electrons. The van der Waals surface area contributed by atoms with Crippen molar-refractivity contribution in [2.45, 2.75) is 31.7 Å². The van der Waals surface area contributed by atoms with Gasteiger partial charge in [-0.15, -0.1) is 11.3 Å². The van der Waals surface area contributed by atoms with Gasteiger partial charge in [-0.3, -0.25) is 19.2 Å². The lowest BCUT2D eigenvalue weighted by atomic mass is 10.0. The minimum absolute atomic E-state index is 0.190. The van der Waals surface area contributed by atoms with Crippen molar-refractivity contribution < 1.29 is 24.3 Å². The van der Waals surface area contributed by atoms with E-state index in [2.05, 4.69) is 27.9 Å². The number of benzene rings is 1. The Morgan fingerprint density at radius 3 is 2.50 bits per heavy atom. The van der Waals surface area contributed by atoms with Gasteiger partial charge in [0, 0.05) is 31.7 Å². The average Bonchev–Trinajstić information content (AvgIpc) is 3.15. The van der Waals surface area contributed by atoms with Crippen molar-refractivity contribution in [1.82, 2.24) is 15.5 Å². The summed E-state index contributed by atoms with van der Waals surface area (Å²) in [6, 6.07) is 7.82. The SMILES string of the molecule is CN1CCc2ccc(NC(=O)[C@@H](CNC(=O)CCC(=O)O)NC(=O)c3ccc(Cl)s3)cc2CC1. The molecule has 0 unspecified atom stereocenters. The number of hydrogen-bond donors (Lipinski definition) is 4. The fourth-order valence-electron chi connectivity index (χ4n) is 3.54. The molecule has 0 spiro atoms. The quantitative estimate of drug-likeness (QED) is 0.412. The van der Waals surface area contributed by atoms with Crippen LogP contribution in [0.15, 0.2) is 30.3 Å². The standard InChI is InChI=1S/C23H27ClN4O5S/c1-28-10-8-14-2-3-16(12-15(14)9-11-28)26-22(32)17(13-25-20(29)6-7-21(30)31)27-23(33)18-4-5-19(24)34-18/h2-5,12,17H,6-11,13H2,1H3,(H,25,29)(H,26,32)(H,27,33)(H,30,31)/t17-/m1/s1. The van der Waals surface area contributed by atoms with E-state index in [0.717, 1.165) is 42.8 Å². The summed E-state index contributed by atoms with van der Waals surface area (Å²) in [5.41, 5.74) is 3.01. The predicted molar refractivity (Wildman–Crippen MR) is 130 cm³/mol. The normalized spacial score (nSPS) is 14.4. The highest BCUT2D eigenvalue weighted by Gasteiger charge is 2.24. The Morgan fingerprint density at radius 2 is 1.82 bits per heavy atom. The lowest BCUT2D eigenvalue weighted by Crippen LogP contribution is -2.50. The van der Waals surface area contributed by atoms with Gasteiger partial charge < -0.3 is 26.0 Å². The lowest BCUT2D eigenvalue weighted by molar-refractivity contribution is -0.138. The summed E-state index contributed by atoms with van der Waals surface area (Å²) in [7, 11) is 2.08. The number of thiophene rings is 1. The van der Waals surface area contributed by atoms with Crippen molar-refractivity contribution in [2.75, 3.05) is 32.0 Å². The molecular weight excluding hydrogens is 480 g/mol. The third-order valence-electron chi connectivity index (χ3n) is 5.49. The summed E-state index contributed by atoms with van der Waals surface area (Å²) < 4.78 is 0.434. The first-order chi connectivity index (χ1) is 16.2. The highest BCUT2D eigenvalue weighted by atomic mass is 35.5. The molecule has 182 valence electrons. The zero-order valence-electron chi connectivity index (χ0n) is 18.7. The van der Waals surface area contributed by atoms with E-state index >= 15 is 0 Å². The van der Waals surface area contributed by atoms with Gasteiger partial charge in [0.05, 0.1) is 15.6 Å². The third-order valence-corrected chi connectivity index (χ3v) is 6.72. The molecule has 3 rings (SSSR count). The fourth-order valence-corrected chi connectivity index (χ4v) is 4.49. The molecule has 11 heteroatoms. The first kappa shape index (κ1) is 25.7. The molecular formula is C23H27ClN4O5S. The summed E-state index contributed by atoms with van der Waals surface area (Å²) in [5.74, 6) is -2.62.